The predicted octanol–water partition coefficient (Wildman–Crippen LogP) is 0.215. The fourth-order valence-corrected chi connectivity index (χ4v) is 5.58. The van der Waals surface area contributed by atoms with E-state index in [9.17, 15) is 15.0 Å². The average Bonchev–Trinajstić information content (AvgIpc) is 2.82. The minimum absolute atomic E-state index is 0.0588. The lowest BCUT2D eigenvalue weighted by Crippen LogP contribution is -2.75. The molecule has 0 aromatic carbocycles. The molecule has 4 heteroatoms. The summed E-state index contributed by atoms with van der Waals surface area (Å²) in [5.41, 5.74) is -1.94. The van der Waals surface area contributed by atoms with Gasteiger partial charge in [-0.15, -0.1) is 0 Å². The summed E-state index contributed by atoms with van der Waals surface area (Å²) in [6, 6.07) is 0. The Balaban J connectivity index is 1.93. The Hall–Kier alpha value is -0.610. The summed E-state index contributed by atoms with van der Waals surface area (Å²) in [6.07, 6.45) is 4.36. The third kappa shape index (κ3) is 0.545. The molecule has 5 atom stereocenters. The molecule has 0 unspecified atom stereocenters. The first kappa shape index (κ1) is 9.42. The molecule has 16 heavy (non-hydrogen) atoms. The van der Waals surface area contributed by atoms with Crippen LogP contribution in [0.3, 0.4) is 0 Å². The van der Waals surface area contributed by atoms with Crippen LogP contribution in [0.4, 0.5) is 0 Å². The zero-order valence-corrected chi connectivity index (χ0v) is 9.11. The van der Waals surface area contributed by atoms with Gasteiger partial charge >= 0.3 is 5.97 Å². The zero-order valence-electron chi connectivity index (χ0n) is 9.11. The maximum atomic E-state index is 12.0. The maximum absolute atomic E-state index is 12.0. The number of carbonyl (C=O) groups excluding carboxylic acids is 1. The summed E-state index contributed by atoms with van der Waals surface area (Å²) in [7, 11) is 0. The number of hydrogen-bond acceptors (Lipinski definition) is 4. The van der Waals surface area contributed by atoms with Crippen molar-refractivity contribution >= 4 is 5.97 Å². The number of aliphatic hydroxyl groups is 2. The van der Waals surface area contributed by atoms with Gasteiger partial charge in [-0.1, -0.05) is 12.8 Å². The summed E-state index contributed by atoms with van der Waals surface area (Å²) in [5, 5.41) is 20.1. The van der Waals surface area contributed by atoms with Crippen molar-refractivity contribution in [2.24, 2.45) is 16.7 Å². The van der Waals surface area contributed by atoms with Gasteiger partial charge in [0.1, 0.15) is 11.7 Å². The van der Waals surface area contributed by atoms with E-state index < -0.39 is 16.4 Å². The van der Waals surface area contributed by atoms with E-state index >= 15 is 0 Å². The van der Waals surface area contributed by atoms with Gasteiger partial charge in [0.05, 0.1) is 17.4 Å². The van der Waals surface area contributed by atoms with Crippen LogP contribution in [0.25, 0.3) is 0 Å². The van der Waals surface area contributed by atoms with Gasteiger partial charge in [-0.3, -0.25) is 4.79 Å². The summed E-state index contributed by atoms with van der Waals surface area (Å²) in [6.45, 7) is -0.230. The third-order valence-electron chi connectivity index (χ3n) is 5.99. The van der Waals surface area contributed by atoms with E-state index in [2.05, 4.69) is 0 Å². The lowest BCUT2D eigenvalue weighted by Gasteiger charge is -2.65. The van der Waals surface area contributed by atoms with Gasteiger partial charge in [-0.2, -0.15) is 0 Å². The second-order valence-electron chi connectivity index (χ2n) is 5.91. The highest BCUT2D eigenvalue weighted by atomic mass is 16.6. The fraction of sp³-hybridized carbons (Fsp3) is 0.917. The predicted molar refractivity (Wildman–Crippen MR) is 53.4 cm³/mol. The van der Waals surface area contributed by atoms with Gasteiger partial charge in [0.15, 0.2) is 0 Å². The van der Waals surface area contributed by atoms with Crippen LogP contribution < -0.4 is 0 Å². The number of rotatable bonds is 1. The zero-order chi connectivity index (χ0) is 11.2. The van der Waals surface area contributed by atoms with Crippen LogP contribution in [-0.2, 0) is 9.53 Å². The summed E-state index contributed by atoms with van der Waals surface area (Å²) < 4.78 is 5.43. The Bertz CT molecular complexity index is 394. The van der Waals surface area contributed by atoms with Gasteiger partial charge in [-0.05, 0) is 19.3 Å². The summed E-state index contributed by atoms with van der Waals surface area (Å²) in [4.78, 5) is 12.0. The molecular formula is C12H16O4. The van der Waals surface area contributed by atoms with E-state index in [1.54, 1.807) is 0 Å². The van der Waals surface area contributed by atoms with Crippen LogP contribution in [0.2, 0.25) is 0 Å². The van der Waals surface area contributed by atoms with Gasteiger partial charge in [0, 0.05) is 5.92 Å². The second-order valence-corrected chi connectivity index (χ2v) is 5.91. The van der Waals surface area contributed by atoms with E-state index in [4.69, 9.17) is 4.74 Å². The van der Waals surface area contributed by atoms with Crippen molar-refractivity contribution in [3.8, 4) is 0 Å². The first-order valence-corrected chi connectivity index (χ1v) is 6.18. The molecule has 4 aliphatic carbocycles. The molecule has 0 aromatic rings. The van der Waals surface area contributed by atoms with Crippen LogP contribution in [0, 0.1) is 16.7 Å². The van der Waals surface area contributed by atoms with E-state index in [-0.39, 0.29) is 24.6 Å². The van der Waals surface area contributed by atoms with Crippen molar-refractivity contribution < 1.29 is 19.7 Å². The van der Waals surface area contributed by atoms with Crippen LogP contribution in [0.1, 0.15) is 32.1 Å². The Kier molecular flexibility index (Phi) is 1.36. The molecule has 0 amide bonds. The van der Waals surface area contributed by atoms with Crippen LogP contribution in [0.5, 0.6) is 0 Å². The highest BCUT2D eigenvalue weighted by Gasteiger charge is 2.93. The number of hydrogen-bond donors (Lipinski definition) is 2. The Morgan fingerprint density at radius 3 is 2.88 bits per heavy atom. The lowest BCUT2D eigenvalue weighted by atomic mass is 9.37. The molecule has 0 aromatic heterocycles. The summed E-state index contributed by atoms with van der Waals surface area (Å²) >= 11 is 0. The molecule has 1 spiro atoms. The Labute approximate surface area is 93.6 Å². The number of ether oxygens (including phenoxy) is 1. The third-order valence-corrected chi connectivity index (χ3v) is 5.99. The standard InChI is InChI=1S/C12H16O4/c13-6-12(15)7-5-8-11(12)4-2-1-3-10(7,11)9(14)16-8/h7-8,13,15H,1-6H2/t7-,8+,10+,11+,12-/m1/s1. The van der Waals surface area contributed by atoms with E-state index in [1.165, 1.54) is 0 Å². The molecule has 88 valence electrons. The smallest absolute Gasteiger partial charge is 0.313 e. The van der Waals surface area contributed by atoms with E-state index in [0.29, 0.717) is 0 Å². The van der Waals surface area contributed by atoms with Crippen molar-refractivity contribution in [1.82, 2.24) is 0 Å². The number of carbonyl (C=O) groups is 1. The molecule has 1 saturated heterocycles. The largest absolute Gasteiger partial charge is 0.461 e. The first-order chi connectivity index (χ1) is 7.63. The van der Waals surface area contributed by atoms with Gasteiger partial charge < -0.3 is 14.9 Å². The number of aliphatic hydroxyl groups excluding tert-OH is 1. The Morgan fingerprint density at radius 1 is 1.38 bits per heavy atom. The highest BCUT2D eigenvalue weighted by molar-refractivity contribution is 5.86. The molecule has 4 bridgehead atoms. The molecular weight excluding hydrogens is 208 g/mol. The maximum Gasteiger partial charge on any atom is 0.313 e. The van der Waals surface area contributed by atoms with Crippen molar-refractivity contribution in [3.05, 3.63) is 0 Å². The minimum Gasteiger partial charge on any atom is -0.461 e. The molecule has 5 fully saturated rings. The van der Waals surface area contributed by atoms with Crippen molar-refractivity contribution in [2.45, 2.75) is 43.8 Å². The van der Waals surface area contributed by atoms with Gasteiger partial charge in [0.2, 0.25) is 0 Å². The molecule has 4 saturated carbocycles. The molecule has 0 radical (unpaired) electrons. The van der Waals surface area contributed by atoms with Gasteiger partial charge in [-0.25, -0.2) is 0 Å². The van der Waals surface area contributed by atoms with Crippen LogP contribution in [0.15, 0.2) is 0 Å². The van der Waals surface area contributed by atoms with E-state index in [1.807, 2.05) is 0 Å². The van der Waals surface area contributed by atoms with Crippen molar-refractivity contribution in [1.29, 1.82) is 0 Å². The van der Waals surface area contributed by atoms with Crippen molar-refractivity contribution in [3.63, 3.8) is 0 Å². The molecule has 2 N–H and O–H groups in total. The molecule has 1 heterocycles. The fourth-order valence-electron chi connectivity index (χ4n) is 5.58. The second kappa shape index (κ2) is 2.31. The molecule has 1 aliphatic heterocycles. The van der Waals surface area contributed by atoms with Crippen LogP contribution in [-0.4, -0.2) is 34.5 Å². The topological polar surface area (TPSA) is 66.8 Å². The summed E-state index contributed by atoms with van der Waals surface area (Å²) in [5.74, 6) is -0.164. The highest BCUT2D eigenvalue weighted by Crippen LogP contribution is 2.84. The Morgan fingerprint density at radius 2 is 2.12 bits per heavy atom. The molecule has 4 nitrogen and oxygen atoms in total. The normalized spacial score (nSPS) is 61.5. The lowest BCUT2D eigenvalue weighted by molar-refractivity contribution is -0.285. The average molecular weight is 224 g/mol. The number of esters is 1. The quantitative estimate of drug-likeness (QED) is 0.625. The van der Waals surface area contributed by atoms with Gasteiger partial charge in [0.25, 0.3) is 0 Å². The minimum atomic E-state index is -1.05. The van der Waals surface area contributed by atoms with Crippen molar-refractivity contribution in [2.75, 3.05) is 6.61 Å². The SMILES string of the molecule is O=C1O[C@H]2C[C@H]3[C@](O)(CO)[C@@]24CCCC[C@@]134. The molecule has 5 rings (SSSR count). The van der Waals surface area contributed by atoms with Crippen LogP contribution >= 0.6 is 0 Å². The molecule has 5 aliphatic rings. The first-order valence-electron chi connectivity index (χ1n) is 6.18. The van der Waals surface area contributed by atoms with E-state index in [0.717, 1.165) is 32.1 Å². The monoisotopic (exact) mass is 224 g/mol.